The summed E-state index contributed by atoms with van der Waals surface area (Å²) < 4.78 is 241. The van der Waals surface area contributed by atoms with Gasteiger partial charge in [-0.1, -0.05) is 6.07 Å². The Bertz CT molecular complexity index is 1140. The molecule has 0 bridgehead atoms. The van der Waals surface area contributed by atoms with Gasteiger partial charge in [0.15, 0.2) is 0 Å². The van der Waals surface area contributed by atoms with Gasteiger partial charge in [-0.05, 0) is 42.1 Å². The molecule has 2 heterocycles. The third-order valence-electron chi connectivity index (χ3n) is 6.39. The number of nitrogens with zero attached hydrogens (tertiary/aromatic N) is 4. The monoisotopic (exact) mass is 810 g/mol. The Morgan fingerprint density at radius 3 is 0.938 bits per heavy atom. The zero-order chi connectivity index (χ0) is 36.8. The van der Waals surface area contributed by atoms with Crippen molar-refractivity contribution >= 4 is 47.8 Å². The SMILES string of the molecule is FC(F)(F)C(F)(F)C(F)(F)C(F)(F)SN1CCN(Sc2cccc(SN3CCN(SC(F)(F)C(F)(F)C(F)(F)C(F)(F)F)CC3)c2)CC1. The van der Waals surface area contributed by atoms with E-state index in [-0.39, 0.29) is 26.2 Å². The number of halogens is 18. The first kappa shape index (κ1) is 41.6. The minimum absolute atomic E-state index is 0.120. The molecule has 0 atom stereocenters. The molecule has 1 aromatic carbocycles. The van der Waals surface area contributed by atoms with Crippen molar-refractivity contribution in [2.24, 2.45) is 0 Å². The van der Waals surface area contributed by atoms with E-state index in [9.17, 15) is 79.0 Å². The Kier molecular flexibility index (Phi) is 12.4. The molecule has 0 aromatic heterocycles. The fourth-order valence-corrected chi connectivity index (χ4v) is 7.58. The average Bonchev–Trinajstić information content (AvgIpc) is 2.93. The topological polar surface area (TPSA) is 13.0 Å². The maximum atomic E-state index is 14.0. The molecule has 0 aliphatic carbocycles. The molecule has 2 saturated heterocycles. The summed E-state index contributed by atoms with van der Waals surface area (Å²) in [5.41, 5.74) is 0. The second-order valence-electron chi connectivity index (χ2n) is 9.88. The molecule has 0 saturated carbocycles. The van der Waals surface area contributed by atoms with Gasteiger partial charge < -0.3 is 0 Å². The number of alkyl halides is 18. The van der Waals surface area contributed by atoms with E-state index in [0.717, 1.165) is 23.9 Å². The van der Waals surface area contributed by atoms with E-state index >= 15 is 0 Å². The van der Waals surface area contributed by atoms with Crippen LogP contribution in [0, 0.1) is 0 Å². The van der Waals surface area contributed by atoms with Crippen LogP contribution in [0.3, 0.4) is 0 Å². The van der Waals surface area contributed by atoms with Crippen molar-refractivity contribution in [2.45, 2.75) is 56.3 Å². The molecule has 0 N–H and O–H groups in total. The Hall–Kier alpha value is -0.800. The van der Waals surface area contributed by atoms with Gasteiger partial charge >= 0.3 is 46.6 Å². The zero-order valence-corrected chi connectivity index (χ0v) is 26.5. The standard InChI is InChI=1S/C22H20F18N4S4/c23-15(24,19(31,32)33)17(27,28)21(37,38)47-43-8-4-41(5-9-43)45-13-2-1-3-14(12-13)46-42-6-10-44(11-7-42)48-22(39,40)18(29,30)16(25,26)20(34,35)36/h1-3,12H,4-11H2. The summed E-state index contributed by atoms with van der Waals surface area (Å²) in [4.78, 5) is 1.04. The van der Waals surface area contributed by atoms with E-state index in [1.807, 2.05) is 0 Å². The summed E-state index contributed by atoms with van der Waals surface area (Å²) >= 11 is -0.175. The lowest BCUT2D eigenvalue weighted by Crippen LogP contribution is -2.60. The number of piperazine rings is 2. The van der Waals surface area contributed by atoms with Gasteiger partial charge in [-0.2, -0.15) is 79.0 Å². The maximum Gasteiger partial charge on any atom is 0.460 e. The molecule has 26 heteroatoms. The van der Waals surface area contributed by atoms with Crippen LogP contribution in [0.1, 0.15) is 0 Å². The first-order valence-electron chi connectivity index (χ1n) is 12.8. The fourth-order valence-electron chi connectivity index (χ4n) is 3.75. The lowest BCUT2D eigenvalue weighted by molar-refractivity contribution is -0.381. The predicted octanol–water partition coefficient (Wildman–Crippen LogP) is 9.08. The van der Waals surface area contributed by atoms with Crippen molar-refractivity contribution in [2.75, 3.05) is 52.4 Å². The van der Waals surface area contributed by atoms with Crippen LogP contribution in [0.4, 0.5) is 79.0 Å². The van der Waals surface area contributed by atoms with E-state index in [2.05, 4.69) is 0 Å². The van der Waals surface area contributed by atoms with Crippen LogP contribution in [-0.2, 0) is 0 Å². The van der Waals surface area contributed by atoms with E-state index < -0.39 is 96.6 Å². The molecule has 0 spiro atoms. The molecule has 278 valence electrons. The van der Waals surface area contributed by atoms with Crippen molar-refractivity contribution in [3.05, 3.63) is 24.3 Å². The molecular weight excluding hydrogens is 791 g/mol. The van der Waals surface area contributed by atoms with E-state index in [1.165, 1.54) is 0 Å². The molecule has 0 radical (unpaired) electrons. The number of rotatable bonds is 12. The summed E-state index contributed by atoms with van der Waals surface area (Å²) in [6.07, 6.45) is -13.9. The summed E-state index contributed by atoms with van der Waals surface area (Å²) in [5, 5.41) is -11.6. The number of hydrogen-bond donors (Lipinski definition) is 0. The quantitative estimate of drug-likeness (QED) is 0.151. The summed E-state index contributed by atoms with van der Waals surface area (Å²) in [7, 11) is 0. The third kappa shape index (κ3) is 8.62. The summed E-state index contributed by atoms with van der Waals surface area (Å²) in [6.45, 7) is -2.22. The van der Waals surface area contributed by atoms with Crippen LogP contribution in [-0.4, -0.2) is 116 Å². The highest BCUT2D eigenvalue weighted by atomic mass is 32.2. The molecule has 2 aliphatic rings. The maximum absolute atomic E-state index is 14.0. The van der Waals surface area contributed by atoms with Crippen LogP contribution in [0.2, 0.25) is 0 Å². The first-order chi connectivity index (χ1) is 21.6. The van der Waals surface area contributed by atoms with Crippen molar-refractivity contribution < 1.29 is 79.0 Å². The van der Waals surface area contributed by atoms with Crippen molar-refractivity contribution in [1.82, 2.24) is 17.2 Å². The second kappa shape index (κ2) is 14.3. The lowest BCUT2D eigenvalue weighted by Gasteiger charge is -2.38. The van der Waals surface area contributed by atoms with Crippen molar-refractivity contribution in [3.63, 3.8) is 0 Å². The van der Waals surface area contributed by atoms with E-state index in [4.69, 9.17) is 0 Å². The Morgan fingerprint density at radius 2 is 0.667 bits per heavy atom. The highest BCUT2D eigenvalue weighted by Gasteiger charge is 2.83. The van der Waals surface area contributed by atoms with E-state index in [0.29, 0.717) is 18.4 Å². The molecule has 48 heavy (non-hydrogen) atoms. The Labute approximate surface area is 276 Å². The highest BCUT2D eigenvalue weighted by molar-refractivity contribution is 7.98. The molecular formula is C22H20F18N4S4. The molecule has 1 aromatic rings. The summed E-state index contributed by atoms with van der Waals surface area (Å²) in [5.74, 6) is -27.5. The molecule has 4 nitrogen and oxygen atoms in total. The molecule has 2 aliphatic heterocycles. The largest absolute Gasteiger partial charge is 0.460 e. The van der Waals surface area contributed by atoms with Crippen LogP contribution < -0.4 is 0 Å². The molecule has 0 amide bonds. The van der Waals surface area contributed by atoms with Gasteiger partial charge in [0.2, 0.25) is 0 Å². The van der Waals surface area contributed by atoms with Gasteiger partial charge in [-0.15, -0.1) is 0 Å². The Balaban J connectivity index is 1.50. The molecule has 0 unspecified atom stereocenters. The smallest absolute Gasteiger partial charge is 0.244 e. The minimum atomic E-state index is -7.00. The highest BCUT2D eigenvalue weighted by Crippen LogP contribution is 2.58. The fraction of sp³-hybridized carbons (Fsp3) is 0.727. The van der Waals surface area contributed by atoms with E-state index in [1.54, 1.807) is 32.9 Å². The van der Waals surface area contributed by atoms with Gasteiger partial charge in [0.25, 0.3) is 0 Å². The van der Waals surface area contributed by atoms with Gasteiger partial charge in [0.05, 0.1) is 0 Å². The van der Waals surface area contributed by atoms with Crippen LogP contribution >= 0.6 is 47.8 Å². The first-order valence-corrected chi connectivity index (χ1v) is 15.9. The van der Waals surface area contributed by atoms with Gasteiger partial charge in [0, 0.05) is 86.0 Å². The van der Waals surface area contributed by atoms with Crippen molar-refractivity contribution in [1.29, 1.82) is 0 Å². The van der Waals surface area contributed by atoms with Gasteiger partial charge in [-0.3, -0.25) is 0 Å². The molecule has 2 fully saturated rings. The molecule has 3 rings (SSSR count). The second-order valence-corrected chi connectivity index (χ2v) is 14.6. The number of hydrogen-bond acceptors (Lipinski definition) is 8. The normalized spacial score (nSPS) is 20.0. The predicted molar refractivity (Wildman–Crippen MR) is 141 cm³/mol. The van der Waals surface area contributed by atoms with Gasteiger partial charge in [0.1, 0.15) is 0 Å². The minimum Gasteiger partial charge on any atom is -0.244 e. The Morgan fingerprint density at radius 1 is 0.396 bits per heavy atom. The average molecular weight is 811 g/mol. The number of benzene rings is 1. The lowest BCUT2D eigenvalue weighted by atomic mass is 10.1. The zero-order valence-electron chi connectivity index (χ0n) is 23.2. The van der Waals surface area contributed by atoms with Crippen LogP contribution in [0.5, 0.6) is 0 Å². The van der Waals surface area contributed by atoms with Crippen molar-refractivity contribution in [3.8, 4) is 0 Å². The van der Waals surface area contributed by atoms with Crippen LogP contribution in [0.15, 0.2) is 34.1 Å². The summed E-state index contributed by atoms with van der Waals surface area (Å²) in [6, 6.07) is 6.30. The third-order valence-corrected chi connectivity index (χ3v) is 10.8. The van der Waals surface area contributed by atoms with Crippen LogP contribution in [0.25, 0.3) is 0 Å². The van der Waals surface area contributed by atoms with Gasteiger partial charge in [-0.25, -0.2) is 17.2 Å².